The van der Waals surface area contributed by atoms with Gasteiger partial charge < -0.3 is 9.53 Å². The molecule has 0 atom stereocenters. The Kier molecular flexibility index (Phi) is 5.07. The molecule has 0 unspecified atom stereocenters. The molecule has 2 aromatic carbocycles. The minimum atomic E-state index is -0.352. The van der Waals surface area contributed by atoms with Gasteiger partial charge in [-0.25, -0.2) is 4.79 Å². The first-order valence-electron chi connectivity index (χ1n) is 6.54. The van der Waals surface area contributed by atoms with Crippen molar-refractivity contribution >= 4 is 12.3 Å². The second-order valence-corrected chi connectivity index (χ2v) is 4.42. The number of hydrogen-bond donors (Lipinski definition) is 0. The monoisotopic (exact) mass is 268 g/mol. The fourth-order valence-electron chi connectivity index (χ4n) is 1.95. The van der Waals surface area contributed by atoms with E-state index < -0.39 is 0 Å². The summed E-state index contributed by atoms with van der Waals surface area (Å²) in [6.07, 6.45) is 1.81. The van der Waals surface area contributed by atoms with E-state index in [1.54, 1.807) is 12.1 Å². The molecule has 0 aliphatic heterocycles. The van der Waals surface area contributed by atoms with Gasteiger partial charge >= 0.3 is 5.97 Å². The van der Waals surface area contributed by atoms with Crippen molar-refractivity contribution in [2.45, 2.75) is 19.4 Å². The number of hydrogen-bond acceptors (Lipinski definition) is 3. The van der Waals surface area contributed by atoms with Gasteiger partial charge in [-0.05, 0) is 23.6 Å². The number of ether oxygens (including phenoxy) is 1. The number of aryl methyl sites for hydroxylation is 1. The Hall–Kier alpha value is -2.42. The number of aldehydes is 1. The number of benzene rings is 2. The van der Waals surface area contributed by atoms with Crippen molar-refractivity contribution in [3.63, 3.8) is 0 Å². The Balaban J connectivity index is 2.03. The lowest BCUT2D eigenvalue weighted by Gasteiger charge is -2.08. The first-order chi connectivity index (χ1) is 9.81. The third-order valence-electron chi connectivity index (χ3n) is 2.98. The average Bonchev–Trinajstić information content (AvgIpc) is 2.52. The minimum Gasteiger partial charge on any atom is -0.457 e. The number of rotatable bonds is 6. The molecule has 0 saturated heterocycles. The molecule has 2 rings (SSSR count). The molecule has 0 heterocycles. The van der Waals surface area contributed by atoms with Gasteiger partial charge in [0.15, 0.2) is 0 Å². The predicted octanol–water partition coefficient (Wildman–Crippen LogP) is 3.18. The molecule has 0 bridgehead atoms. The fraction of sp³-hybridized carbons (Fsp3) is 0.176. The number of esters is 1. The van der Waals surface area contributed by atoms with Gasteiger partial charge in [-0.1, -0.05) is 48.5 Å². The van der Waals surface area contributed by atoms with Crippen molar-refractivity contribution in [3.8, 4) is 0 Å². The van der Waals surface area contributed by atoms with Gasteiger partial charge in [0.2, 0.25) is 0 Å². The van der Waals surface area contributed by atoms with E-state index >= 15 is 0 Å². The standard InChI is InChI=1S/C17H16O3/c18-12-6-10-15-9-4-5-11-16(15)17(19)20-13-14-7-2-1-3-8-14/h1-5,7-9,11-12H,6,10,13H2. The summed E-state index contributed by atoms with van der Waals surface area (Å²) in [4.78, 5) is 22.5. The molecule has 0 aliphatic carbocycles. The highest BCUT2D eigenvalue weighted by Gasteiger charge is 2.12. The molecular formula is C17H16O3. The predicted molar refractivity (Wildman–Crippen MR) is 76.4 cm³/mol. The molecule has 2 aromatic rings. The normalized spacial score (nSPS) is 10.0. The van der Waals surface area contributed by atoms with Gasteiger partial charge in [-0.2, -0.15) is 0 Å². The summed E-state index contributed by atoms with van der Waals surface area (Å²) >= 11 is 0. The molecule has 0 saturated carbocycles. The van der Waals surface area contributed by atoms with Crippen LogP contribution in [0.4, 0.5) is 0 Å². The SMILES string of the molecule is O=CCCc1ccccc1C(=O)OCc1ccccc1. The Morgan fingerprint density at radius 1 is 1.00 bits per heavy atom. The maximum absolute atomic E-state index is 12.1. The zero-order chi connectivity index (χ0) is 14.2. The van der Waals surface area contributed by atoms with E-state index in [2.05, 4.69) is 0 Å². The maximum Gasteiger partial charge on any atom is 0.338 e. The summed E-state index contributed by atoms with van der Waals surface area (Å²) in [5.74, 6) is -0.352. The maximum atomic E-state index is 12.1. The Labute approximate surface area is 118 Å². The summed E-state index contributed by atoms with van der Waals surface area (Å²) < 4.78 is 5.31. The van der Waals surface area contributed by atoms with E-state index in [0.717, 1.165) is 17.4 Å². The van der Waals surface area contributed by atoms with Crippen molar-refractivity contribution in [2.24, 2.45) is 0 Å². The van der Waals surface area contributed by atoms with E-state index in [1.807, 2.05) is 42.5 Å². The molecular weight excluding hydrogens is 252 g/mol. The van der Waals surface area contributed by atoms with E-state index in [4.69, 9.17) is 4.74 Å². The molecule has 0 N–H and O–H groups in total. The number of carbonyl (C=O) groups excluding carboxylic acids is 2. The summed E-state index contributed by atoms with van der Waals surface area (Å²) in [6, 6.07) is 16.8. The summed E-state index contributed by atoms with van der Waals surface area (Å²) in [7, 11) is 0. The average molecular weight is 268 g/mol. The molecule has 3 nitrogen and oxygen atoms in total. The molecule has 102 valence electrons. The van der Waals surface area contributed by atoms with Gasteiger partial charge in [0.05, 0.1) is 5.56 Å². The van der Waals surface area contributed by atoms with Crippen LogP contribution in [0.1, 0.15) is 27.9 Å². The van der Waals surface area contributed by atoms with Crippen LogP contribution in [0.15, 0.2) is 54.6 Å². The highest BCUT2D eigenvalue weighted by Crippen LogP contribution is 2.13. The van der Waals surface area contributed by atoms with E-state index in [0.29, 0.717) is 18.4 Å². The molecule has 3 heteroatoms. The van der Waals surface area contributed by atoms with Crippen LogP contribution in [0.2, 0.25) is 0 Å². The fourth-order valence-corrected chi connectivity index (χ4v) is 1.95. The van der Waals surface area contributed by atoms with Crippen LogP contribution in [0.5, 0.6) is 0 Å². The van der Waals surface area contributed by atoms with E-state index in [-0.39, 0.29) is 12.6 Å². The molecule has 20 heavy (non-hydrogen) atoms. The van der Waals surface area contributed by atoms with Crippen molar-refractivity contribution in [2.75, 3.05) is 0 Å². The van der Waals surface area contributed by atoms with Gasteiger partial charge in [0.1, 0.15) is 12.9 Å². The van der Waals surface area contributed by atoms with Crippen molar-refractivity contribution in [3.05, 3.63) is 71.3 Å². The first kappa shape index (κ1) is 14.0. The van der Waals surface area contributed by atoms with E-state index in [1.165, 1.54) is 0 Å². The van der Waals surface area contributed by atoms with Gasteiger partial charge in [0.25, 0.3) is 0 Å². The lowest BCUT2D eigenvalue weighted by Crippen LogP contribution is -2.08. The highest BCUT2D eigenvalue weighted by atomic mass is 16.5. The second-order valence-electron chi connectivity index (χ2n) is 4.42. The third kappa shape index (κ3) is 3.79. The summed E-state index contributed by atoms with van der Waals surface area (Å²) in [5, 5.41) is 0. The molecule has 0 spiro atoms. The van der Waals surface area contributed by atoms with Crippen LogP contribution in [-0.4, -0.2) is 12.3 Å². The topological polar surface area (TPSA) is 43.4 Å². The molecule has 0 aliphatic rings. The van der Waals surface area contributed by atoms with Gasteiger partial charge in [0, 0.05) is 6.42 Å². The van der Waals surface area contributed by atoms with Gasteiger partial charge in [-0.3, -0.25) is 0 Å². The molecule has 0 amide bonds. The molecule has 0 aromatic heterocycles. The highest BCUT2D eigenvalue weighted by molar-refractivity contribution is 5.91. The zero-order valence-electron chi connectivity index (χ0n) is 11.1. The second kappa shape index (κ2) is 7.24. The van der Waals surface area contributed by atoms with Crippen LogP contribution in [0, 0.1) is 0 Å². The van der Waals surface area contributed by atoms with Crippen LogP contribution >= 0.6 is 0 Å². The van der Waals surface area contributed by atoms with Crippen molar-refractivity contribution in [1.82, 2.24) is 0 Å². The molecule has 0 fully saturated rings. The molecule has 0 radical (unpaired) electrons. The largest absolute Gasteiger partial charge is 0.457 e. The van der Waals surface area contributed by atoms with Crippen LogP contribution < -0.4 is 0 Å². The summed E-state index contributed by atoms with van der Waals surface area (Å²) in [5.41, 5.74) is 2.33. The zero-order valence-corrected chi connectivity index (χ0v) is 11.1. The number of carbonyl (C=O) groups is 2. The van der Waals surface area contributed by atoms with Crippen LogP contribution in [0.25, 0.3) is 0 Å². The lowest BCUT2D eigenvalue weighted by atomic mass is 10.0. The van der Waals surface area contributed by atoms with Crippen LogP contribution in [-0.2, 0) is 22.6 Å². The van der Waals surface area contributed by atoms with Gasteiger partial charge in [-0.15, -0.1) is 0 Å². The summed E-state index contributed by atoms with van der Waals surface area (Å²) in [6.45, 7) is 0.252. The van der Waals surface area contributed by atoms with Crippen molar-refractivity contribution < 1.29 is 14.3 Å². The van der Waals surface area contributed by atoms with E-state index in [9.17, 15) is 9.59 Å². The smallest absolute Gasteiger partial charge is 0.338 e. The minimum absolute atomic E-state index is 0.252. The third-order valence-corrected chi connectivity index (χ3v) is 2.98. The quantitative estimate of drug-likeness (QED) is 0.597. The lowest BCUT2D eigenvalue weighted by molar-refractivity contribution is -0.107. The van der Waals surface area contributed by atoms with Crippen molar-refractivity contribution in [1.29, 1.82) is 0 Å². The Morgan fingerprint density at radius 3 is 2.45 bits per heavy atom. The Morgan fingerprint density at radius 2 is 1.70 bits per heavy atom. The Bertz CT molecular complexity index is 576. The first-order valence-corrected chi connectivity index (χ1v) is 6.54. The van der Waals surface area contributed by atoms with Crippen LogP contribution in [0.3, 0.4) is 0 Å².